The van der Waals surface area contributed by atoms with Crippen molar-refractivity contribution in [2.75, 3.05) is 0 Å². The molecule has 2 aromatic carbocycles. The molecular formula is C19H18NP. The van der Waals surface area contributed by atoms with Gasteiger partial charge in [0.2, 0.25) is 0 Å². The van der Waals surface area contributed by atoms with Crippen LogP contribution in [0.25, 0.3) is 0 Å². The van der Waals surface area contributed by atoms with Gasteiger partial charge in [-0.3, -0.25) is 4.98 Å². The van der Waals surface area contributed by atoms with E-state index in [9.17, 15) is 0 Å². The second kappa shape index (κ2) is 6.20. The summed E-state index contributed by atoms with van der Waals surface area (Å²) < 4.78 is 0. The van der Waals surface area contributed by atoms with Crippen LogP contribution < -0.4 is 16.0 Å². The van der Waals surface area contributed by atoms with Gasteiger partial charge in [-0.1, -0.05) is 60.7 Å². The van der Waals surface area contributed by atoms with Crippen molar-refractivity contribution in [3.05, 3.63) is 84.1 Å². The molecule has 3 aromatic rings. The van der Waals surface area contributed by atoms with E-state index in [1.165, 1.54) is 21.6 Å². The molecule has 0 unspecified atom stereocenters. The number of rotatable bonds is 3. The maximum atomic E-state index is 4.82. The van der Waals surface area contributed by atoms with Crippen LogP contribution >= 0.6 is 7.92 Å². The summed E-state index contributed by atoms with van der Waals surface area (Å²) in [5, 5.41) is 2.69. The lowest BCUT2D eigenvalue weighted by molar-refractivity contribution is 1.21. The van der Waals surface area contributed by atoms with Gasteiger partial charge in [-0.25, -0.2) is 0 Å². The first-order valence-electron chi connectivity index (χ1n) is 7.09. The van der Waals surface area contributed by atoms with Crippen LogP contribution in [-0.2, 0) is 0 Å². The lowest BCUT2D eigenvalue weighted by atomic mass is 10.3. The molecule has 2 heteroatoms. The molecule has 0 aliphatic rings. The molecule has 3 rings (SSSR count). The molecule has 0 aliphatic heterocycles. The van der Waals surface area contributed by atoms with Gasteiger partial charge in [-0.15, -0.1) is 0 Å². The highest BCUT2D eigenvalue weighted by molar-refractivity contribution is 7.79. The summed E-state index contributed by atoms with van der Waals surface area (Å²) in [6.45, 7) is 4.21. The maximum absolute atomic E-state index is 4.82. The summed E-state index contributed by atoms with van der Waals surface area (Å²) >= 11 is 0. The third-order valence-corrected chi connectivity index (χ3v) is 5.66. The zero-order valence-electron chi connectivity index (χ0n) is 12.3. The second-order valence-corrected chi connectivity index (χ2v) is 7.31. The quantitative estimate of drug-likeness (QED) is 0.674. The Bertz CT molecular complexity index is 663. The zero-order valence-corrected chi connectivity index (χ0v) is 13.2. The van der Waals surface area contributed by atoms with Crippen LogP contribution in [0.1, 0.15) is 11.3 Å². The Morgan fingerprint density at radius 3 is 1.71 bits per heavy atom. The third-order valence-electron chi connectivity index (χ3n) is 3.34. The normalized spacial score (nSPS) is 10.8. The number of hydrogen-bond donors (Lipinski definition) is 0. The first-order chi connectivity index (χ1) is 10.2. The molecule has 0 bridgehead atoms. The van der Waals surface area contributed by atoms with Gasteiger partial charge in [0, 0.05) is 13.6 Å². The molecule has 104 valence electrons. The van der Waals surface area contributed by atoms with Crippen molar-refractivity contribution in [1.82, 2.24) is 4.98 Å². The molecule has 0 aliphatic carbocycles. The van der Waals surface area contributed by atoms with Crippen molar-refractivity contribution in [2.45, 2.75) is 13.8 Å². The van der Waals surface area contributed by atoms with Crippen molar-refractivity contribution < 1.29 is 0 Å². The number of hydrogen-bond acceptors (Lipinski definition) is 1. The SMILES string of the molecule is Cc1cc(C)nc(P(c2ccccc2)c2ccccc2)c1. The second-order valence-electron chi connectivity index (χ2n) is 5.15. The smallest absolute Gasteiger partial charge is 0.0726 e. The van der Waals surface area contributed by atoms with Gasteiger partial charge >= 0.3 is 0 Å². The summed E-state index contributed by atoms with van der Waals surface area (Å²) in [7, 11) is -0.590. The first-order valence-corrected chi connectivity index (χ1v) is 8.44. The van der Waals surface area contributed by atoms with Crippen LogP contribution in [0.5, 0.6) is 0 Å². The number of pyridine rings is 1. The van der Waals surface area contributed by atoms with E-state index in [4.69, 9.17) is 4.98 Å². The average Bonchev–Trinajstić information content (AvgIpc) is 2.49. The van der Waals surface area contributed by atoms with Gasteiger partial charge in [0.15, 0.2) is 0 Å². The Kier molecular flexibility index (Phi) is 4.13. The molecule has 0 atom stereocenters. The molecule has 0 spiro atoms. The fourth-order valence-electron chi connectivity index (χ4n) is 2.50. The van der Waals surface area contributed by atoms with E-state index in [-0.39, 0.29) is 0 Å². The van der Waals surface area contributed by atoms with Gasteiger partial charge in [0.05, 0.1) is 5.44 Å². The van der Waals surface area contributed by atoms with E-state index >= 15 is 0 Å². The largest absolute Gasteiger partial charge is 0.253 e. The van der Waals surface area contributed by atoms with Crippen LogP contribution in [0.4, 0.5) is 0 Å². The number of nitrogens with zero attached hydrogens (tertiary/aromatic N) is 1. The first kappa shape index (κ1) is 14.0. The zero-order chi connectivity index (χ0) is 14.7. The van der Waals surface area contributed by atoms with Crippen LogP contribution in [0.3, 0.4) is 0 Å². The van der Waals surface area contributed by atoms with E-state index in [2.05, 4.69) is 86.6 Å². The van der Waals surface area contributed by atoms with Crippen molar-refractivity contribution in [3.63, 3.8) is 0 Å². The van der Waals surface area contributed by atoms with Gasteiger partial charge in [-0.05, 0) is 42.2 Å². The molecule has 1 heterocycles. The van der Waals surface area contributed by atoms with Crippen molar-refractivity contribution in [3.8, 4) is 0 Å². The molecule has 0 saturated carbocycles. The number of aromatic nitrogens is 1. The summed E-state index contributed by atoms with van der Waals surface area (Å²) in [5.41, 5.74) is 3.54. The molecule has 1 nitrogen and oxygen atoms in total. The van der Waals surface area contributed by atoms with Crippen LogP contribution in [-0.4, -0.2) is 4.98 Å². The van der Waals surface area contributed by atoms with Gasteiger partial charge in [0.25, 0.3) is 0 Å². The number of aryl methyl sites for hydroxylation is 2. The van der Waals surface area contributed by atoms with Gasteiger partial charge < -0.3 is 0 Å². The standard InChI is InChI=1S/C19H18NP/c1-15-13-16(2)20-19(14-15)21(17-9-5-3-6-10-17)18-11-7-4-8-12-18/h3-14H,1-2H3. The van der Waals surface area contributed by atoms with E-state index in [0.717, 1.165) is 5.69 Å². The van der Waals surface area contributed by atoms with Crippen LogP contribution in [0, 0.1) is 13.8 Å². The molecule has 1 aromatic heterocycles. The van der Waals surface area contributed by atoms with Crippen molar-refractivity contribution in [2.24, 2.45) is 0 Å². The summed E-state index contributed by atoms with van der Waals surface area (Å²) in [6, 6.07) is 25.7. The average molecular weight is 291 g/mol. The molecule has 0 saturated heterocycles. The van der Waals surface area contributed by atoms with E-state index in [0.29, 0.717) is 0 Å². The van der Waals surface area contributed by atoms with Crippen molar-refractivity contribution >= 4 is 24.0 Å². The molecule has 21 heavy (non-hydrogen) atoms. The predicted molar refractivity (Wildman–Crippen MR) is 92.4 cm³/mol. The van der Waals surface area contributed by atoms with Gasteiger partial charge in [0.1, 0.15) is 0 Å². The van der Waals surface area contributed by atoms with Crippen molar-refractivity contribution in [1.29, 1.82) is 0 Å². The number of benzene rings is 2. The molecule has 0 radical (unpaired) electrons. The minimum absolute atomic E-state index is 0.590. The molecule has 0 N–H and O–H groups in total. The molecule has 0 amide bonds. The maximum Gasteiger partial charge on any atom is 0.0726 e. The highest BCUT2D eigenvalue weighted by Crippen LogP contribution is 2.31. The van der Waals surface area contributed by atoms with E-state index in [1.807, 2.05) is 0 Å². The minimum atomic E-state index is -0.590. The monoisotopic (exact) mass is 291 g/mol. The Morgan fingerprint density at radius 1 is 0.714 bits per heavy atom. The summed E-state index contributed by atoms with van der Waals surface area (Å²) in [4.78, 5) is 4.82. The molecular weight excluding hydrogens is 273 g/mol. The summed E-state index contributed by atoms with van der Waals surface area (Å²) in [5.74, 6) is 0. The lowest BCUT2D eigenvalue weighted by Gasteiger charge is -2.19. The Hall–Kier alpha value is -1.98. The fourth-order valence-corrected chi connectivity index (χ4v) is 4.86. The fraction of sp³-hybridized carbons (Fsp3) is 0.105. The Labute approximate surface area is 127 Å². The lowest BCUT2D eigenvalue weighted by Crippen LogP contribution is -2.23. The molecule has 0 fully saturated rings. The highest BCUT2D eigenvalue weighted by Gasteiger charge is 2.17. The predicted octanol–water partition coefficient (Wildman–Crippen LogP) is 3.46. The summed E-state index contributed by atoms with van der Waals surface area (Å²) in [6.07, 6.45) is 0. The van der Waals surface area contributed by atoms with Crippen LogP contribution in [0.2, 0.25) is 0 Å². The van der Waals surface area contributed by atoms with Crippen LogP contribution in [0.15, 0.2) is 72.8 Å². The third kappa shape index (κ3) is 3.20. The Morgan fingerprint density at radius 2 is 1.24 bits per heavy atom. The van der Waals surface area contributed by atoms with Gasteiger partial charge in [-0.2, -0.15) is 0 Å². The van der Waals surface area contributed by atoms with E-state index in [1.54, 1.807) is 0 Å². The minimum Gasteiger partial charge on any atom is -0.253 e. The topological polar surface area (TPSA) is 12.9 Å². The van der Waals surface area contributed by atoms with E-state index < -0.39 is 7.92 Å². The Balaban J connectivity index is 2.17. The highest BCUT2D eigenvalue weighted by atomic mass is 31.1.